The maximum Gasteiger partial charge on any atom is 0.154 e. The van der Waals surface area contributed by atoms with Gasteiger partial charge in [0.2, 0.25) is 0 Å². The van der Waals surface area contributed by atoms with Gasteiger partial charge in [-0.2, -0.15) is 0 Å². The Morgan fingerprint density at radius 2 is 1.81 bits per heavy atom. The molecule has 1 atom stereocenters. The third-order valence-corrected chi connectivity index (χ3v) is 4.31. The third-order valence-electron chi connectivity index (χ3n) is 3.93. The second-order valence-electron chi connectivity index (χ2n) is 5.49. The summed E-state index contributed by atoms with van der Waals surface area (Å²) in [6.07, 6.45) is -0.0523. The van der Waals surface area contributed by atoms with E-state index in [1.54, 1.807) is 0 Å². The second kappa shape index (κ2) is 4.77. The van der Waals surface area contributed by atoms with Gasteiger partial charge in [0.05, 0.1) is 17.7 Å². The van der Waals surface area contributed by atoms with Crippen molar-refractivity contribution in [2.45, 2.75) is 20.0 Å². The number of morpholine rings is 1. The van der Waals surface area contributed by atoms with Crippen molar-refractivity contribution in [3.63, 3.8) is 0 Å². The van der Waals surface area contributed by atoms with E-state index < -0.39 is 0 Å². The number of nitrogens with one attached hydrogen (secondary N) is 1. The van der Waals surface area contributed by atoms with Crippen LogP contribution in [0.15, 0.2) is 21.0 Å². The van der Waals surface area contributed by atoms with Crippen LogP contribution < -0.4 is 5.32 Å². The first-order valence-electron chi connectivity index (χ1n) is 7.09. The number of aryl methyl sites for hydroxylation is 2. The number of hydrogen-bond acceptors (Lipinski definition) is 4. The highest BCUT2D eigenvalue weighted by Crippen LogP contribution is 2.42. The minimum atomic E-state index is -0.0523. The van der Waals surface area contributed by atoms with Gasteiger partial charge in [-0.05, 0) is 26.0 Å². The van der Waals surface area contributed by atoms with Crippen molar-refractivity contribution < 1.29 is 13.6 Å². The zero-order valence-electron chi connectivity index (χ0n) is 12.0. The van der Waals surface area contributed by atoms with Gasteiger partial charge in [-0.3, -0.25) is 0 Å². The number of hydrogen-bond donors (Lipinski definition) is 1. The van der Waals surface area contributed by atoms with E-state index in [-0.39, 0.29) is 6.10 Å². The fourth-order valence-electron chi connectivity index (χ4n) is 3.07. The summed E-state index contributed by atoms with van der Waals surface area (Å²) >= 11 is 6.50. The number of benzene rings is 1. The number of ether oxygens (including phenoxy) is 1. The predicted molar refractivity (Wildman–Crippen MR) is 82.0 cm³/mol. The summed E-state index contributed by atoms with van der Waals surface area (Å²) in [7, 11) is 0. The van der Waals surface area contributed by atoms with Crippen LogP contribution in [0.3, 0.4) is 0 Å². The molecule has 0 saturated carbocycles. The van der Waals surface area contributed by atoms with Crippen LogP contribution in [0.5, 0.6) is 0 Å². The van der Waals surface area contributed by atoms with Crippen molar-refractivity contribution in [2.24, 2.45) is 0 Å². The van der Waals surface area contributed by atoms with Crippen molar-refractivity contribution in [3.8, 4) is 0 Å². The summed E-state index contributed by atoms with van der Waals surface area (Å²) < 4.78 is 17.6. The van der Waals surface area contributed by atoms with E-state index in [2.05, 4.69) is 5.32 Å². The van der Waals surface area contributed by atoms with Crippen LogP contribution in [0.25, 0.3) is 21.9 Å². The Morgan fingerprint density at radius 1 is 1.10 bits per heavy atom. The molecule has 1 N–H and O–H groups in total. The van der Waals surface area contributed by atoms with Crippen LogP contribution in [0.1, 0.15) is 23.2 Å². The normalized spacial score (nSPS) is 19.7. The van der Waals surface area contributed by atoms with Crippen LogP contribution in [-0.2, 0) is 4.74 Å². The molecule has 4 rings (SSSR count). The number of furan rings is 2. The van der Waals surface area contributed by atoms with E-state index in [9.17, 15) is 0 Å². The van der Waals surface area contributed by atoms with Crippen LogP contribution >= 0.6 is 11.6 Å². The molecular weight excluding hydrogens is 290 g/mol. The van der Waals surface area contributed by atoms with Crippen molar-refractivity contribution >= 4 is 33.5 Å². The second-order valence-corrected chi connectivity index (χ2v) is 5.87. The van der Waals surface area contributed by atoms with E-state index in [1.165, 1.54) is 0 Å². The van der Waals surface area contributed by atoms with Gasteiger partial charge in [0.15, 0.2) is 5.58 Å². The van der Waals surface area contributed by atoms with E-state index in [0.717, 1.165) is 46.5 Å². The summed E-state index contributed by atoms with van der Waals surface area (Å²) in [5.74, 6) is 1.67. The summed E-state index contributed by atoms with van der Waals surface area (Å²) in [4.78, 5) is 0. The van der Waals surface area contributed by atoms with Crippen LogP contribution in [-0.4, -0.2) is 19.7 Å². The average molecular weight is 306 g/mol. The topological polar surface area (TPSA) is 47.5 Å². The molecular formula is C16H16ClNO3. The highest BCUT2D eigenvalue weighted by Gasteiger charge is 2.27. The van der Waals surface area contributed by atoms with E-state index >= 15 is 0 Å². The van der Waals surface area contributed by atoms with Gasteiger partial charge < -0.3 is 18.9 Å². The molecule has 1 aliphatic heterocycles. The number of rotatable bonds is 1. The monoisotopic (exact) mass is 305 g/mol. The Labute approximate surface area is 127 Å². The van der Waals surface area contributed by atoms with Gasteiger partial charge in [0, 0.05) is 29.4 Å². The van der Waals surface area contributed by atoms with Crippen molar-refractivity contribution in [1.29, 1.82) is 0 Å². The van der Waals surface area contributed by atoms with Crippen molar-refractivity contribution in [1.82, 2.24) is 5.32 Å². The molecule has 0 spiro atoms. The van der Waals surface area contributed by atoms with Crippen molar-refractivity contribution in [3.05, 3.63) is 34.2 Å². The standard InChI is InChI=1S/C16H16ClNO3/c1-8-5-10-13(12-7-18-3-4-19-12)15-11(6-9(2)20-15)14(17)16(10)21-8/h5-6,12,18H,3-4,7H2,1-2H3. The Kier molecular flexibility index (Phi) is 2.99. The van der Waals surface area contributed by atoms with Gasteiger partial charge >= 0.3 is 0 Å². The molecule has 1 fully saturated rings. The highest BCUT2D eigenvalue weighted by atomic mass is 35.5. The first kappa shape index (κ1) is 13.2. The maximum atomic E-state index is 6.50. The largest absolute Gasteiger partial charge is 0.461 e. The van der Waals surface area contributed by atoms with Gasteiger partial charge in [-0.1, -0.05) is 11.6 Å². The lowest BCUT2D eigenvalue weighted by molar-refractivity contribution is 0.0289. The molecule has 1 aromatic carbocycles. The smallest absolute Gasteiger partial charge is 0.154 e. The molecule has 3 aromatic rings. The Hall–Kier alpha value is -1.49. The fraction of sp³-hybridized carbons (Fsp3) is 0.375. The lowest BCUT2D eigenvalue weighted by atomic mass is 10.0. The Morgan fingerprint density at radius 3 is 2.52 bits per heavy atom. The van der Waals surface area contributed by atoms with Crippen LogP contribution in [0, 0.1) is 13.8 Å². The van der Waals surface area contributed by atoms with Gasteiger partial charge in [-0.15, -0.1) is 0 Å². The van der Waals surface area contributed by atoms with Crippen LogP contribution in [0.2, 0.25) is 5.02 Å². The lowest BCUT2D eigenvalue weighted by Crippen LogP contribution is -2.33. The molecule has 110 valence electrons. The SMILES string of the molecule is Cc1cc2c(C3CNCCO3)c3oc(C)cc3c(Cl)c2o1. The summed E-state index contributed by atoms with van der Waals surface area (Å²) in [5.41, 5.74) is 2.55. The molecule has 0 amide bonds. The first-order chi connectivity index (χ1) is 10.1. The number of fused-ring (bicyclic) bond motifs is 2. The quantitative estimate of drug-likeness (QED) is 0.735. The summed E-state index contributed by atoms with van der Waals surface area (Å²) in [6.45, 7) is 6.17. The average Bonchev–Trinajstić information content (AvgIpc) is 3.03. The molecule has 1 saturated heterocycles. The molecule has 3 heterocycles. The van der Waals surface area contributed by atoms with Gasteiger partial charge in [0.25, 0.3) is 0 Å². The molecule has 1 aliphatic rings. The third kappa shape index (κ3) is 1.98. The Bertz CT molecular complexity index is 769. The molecule has 0 aliphatic carbocycles. The molecule has 1 unspecified atom stereocenters. The molecule has 0 radical (unpaired) electrons. The maximum absolute atomic E-state index is 6.50. The minimum absolute atomic E-state index is 0.0523. The van der Waals surface area contributed by atoms with E-state index in [0.29, 0.717) is 17.2 Å². The minimum Gasteiger partial charge on any atom is -0.461 e. The van der Waals surface area contributed by atoms with E-state index in [1.807, 2.05) is 26.0 Å². The molecule has 4 nitrogen and oxygen atoms in total. The lowest BCUT2D eigenvalue weighted by Gasteiger charge is -2.24. The van der Waals surface area contributed by atoms with Crippen LogP contribution in [0.4, 0.5) is 0 Å². The summed E-state index contributed by atoms with van der Waals surface area (Å²) in [6, 6.07) is 3.96. The fourth-order valence-corrected chi connectivity index (χ4v) is 3.35. The first-order valence-corrected chi connectivity index (χ1v) is 7.47. The number of halogens is 1. The zero-order valence-corrected chi connectivity index (χ0v) is 12.7. The van der Waals surface area contributed by atoms with Crippen molar-refractivity contribution in [2.75, 3.05) is 19.7 Å². The van der Waals surface area contributed by atoms with Gasteiger partial charge in [-0.25, -0.2) is 0 Å². The predicted octanol–water partition coefficient (Wildman–Crippen LogP) is 4.11. The summed E-state index contributed by atoms with van der Waals surface area (Å²) in [5, 5.41) is 5.84. The molecule has 0 bridgehead atoms. The molecule has 2 aromatic heterocycles. The molecule has 5 heteroatoms. The molecule has 21 heavy (non-hydrogen) atoms. The van der Waals surface area contributed by atoms with E-state index in [4.69, 9.17) is 25.2 Å². The van der Waals surface area contributed by atoms with Gasteiger partial charge in [0.1, 0.15) is 17.1 Å². The zero-order chi connectivity index (χ0) is 14.6. The highest BCUT2D eigenvalue weighted by molar-refractivity contribution is 6.40. The Balaban J connectivity index is 2.09.